The number of carbonyl (C=O) groups excluding carboxylic acids is 2. The van der Waals surface area contributed by atoms with Gasteiger partial charge in [0.15, 0.2) is 0 Å². The fourth-order valence-electron chi connectivity index (χ4n) is 3.31. The Kier molecular flexibility index (Phi) is 4.61. The van der Waals surface area contributed by atoms with Crippen LogP contribution in [0, 0.1) is 0 Å². The number of carbonyl (C=O) groups is 2. The van der Waals surface area contributed by atoms with Crippen LogP contribution in [0.1, 0.15) is 38.5 Å². The minimum absolute atomic E-state index is 0.0232. The highest BCUT2D eigenvalue weighted by Gasteiger charge is 2.33. The molecule has 1 saturated carbocycles. The van der Waals surface area contributed by atoms with Gasteiger partial charge in [-0.1, -0.05) is 37.5 Å². The summed E-state index contributed by atoms with van der Waals surface area (Å²) >= 11 is 0. The predicted octanol–water partition coefficient (Wildman–Crippen LogP) is 2.42. The molecule has 1 aliphatic carbocycles. The average Bonchev–Trinajstić information content (AvgIpc) is 2.90. The van der Waals surface area contributed by atoms with Crippen molar-refractivity contribution in [1.82, 2.24) is 10.6 Å². The second-order valence-corrected chi connectivity index (χ2v) is 6.12. The summed E-state index contributed by atoms with van der Waals surface area (Å²) in [6.07, 6.45) is 6.35. The van der Waals surface area contributed by atoms with E-state index in [1.165, 1.54) is 19.3 Å². The SMILES string of the molecule is O=C(NC1CCCCC1)NC1CCN(c2ccccc2)C1=O. The lowest BCUT2D eigenvalue weighted by molar-refractivity contribution is -0.118. The Balaban J connectivity index is 1.53. The maximum Gasteiger partial charge on any atom is 0.315 e. The third kappa shape index (κ3) is 3.40. The first-order valence-corrected chi connectivity index (χ1v) is 8.17. The third-order valence-corrected chi connectivity index (χ3v) is 4.52. The molecule has 118 valence electrons. The number of nitrogens with zero attached hydrogens (tertiary/aromatic N) is 1. The number of amides is 3. The molecule has 1 atom stereocenters. The molecule has 3 rings (SSSR count). The predicted molar refractivity (Wildman–Crippen MR) is 85.7 cm³/mol. The van der Waals surface area contributed by atoms with Crippen molar-refractivity contribution in [2.45, 2.75) is 50.6 Å². The van der Waals surface area contributed by atoms with E-state index in [0.717, 1.165) is 18.5 Å². The van der Waals surface area contributed by atoms with Gasteiger partial charge in [0.25, 0.3) is 0 Å². The molecule has 2 N–H and O–H groups in total. The van der Waals surface area contributed by atoms with E-state index in [1.807, 2.05) is 30.3 Å². The summed E-state index contributed by atoms with van der Waals surface area (Å²) in [4.78, 5) is 26.2. The van der Waals surface area contributed by atoms with Crippen LogP contribution in [-0.4, -0.2) is 30.6 Å². The van der Waals surface area contributed by atoms with Crippen LogP contribution in [-0.2, 0) is 4.79 Å². The van der Waals surface area contributed by atoms with Crippen LogP contribution in [0.2, 0.25) is 0 Å². The number of rotatable bonds is 3. The summed E-state index contributed by atoms with van der Waals surface area (Å²) in [7, 11) is 0. The minimum Gasteiger partial charge on any atom is -0.335 e. The summed E-state index contributed by atoms with van der Waals surface area (Å²) in [6.45, 7) is 0.650. The first-order chi connectivity index (χ1) is 10.7. The number of nitrogens with one attached hydrogen (secondary N) is 2. The zero-order chi connectivity index (χ0) is 15.4. The topological polar surface area (TPSA) is 61.4 Å². The van der Waals surface area contributed by atoms with Crippen LogP contribution in [0.5, 0.6) is 0 Å². The lowest BCUT2D eigenvalue weighted by Crippen LogP contribution is -2.49. The fraction of sp³-hybridized carbons (Fsp3) is 0.529. The Morgan fingerprint density at radius 1 is 1.00 bits per heavy atom. The minimum atomic E-state index is -0.413. The van der Waals surface area contributed by atoms with Crippen molar-refractivity contribution >= 4 is 17.6 Å². The van der Waals surface area contributed by atoms with Crippen molar-refractivity contribution < 1.29 is 9.59 Å². The molecule has 5 heteroatoms. The molecule has 2 aliphatic rings. The van der Waals surface area contributed by atoms with Crippen molar-refractivity contribution in [2.24, 2.45) is 0 Å². The van der Waals surface area contributed by atoms with Crippen molar-refractivity contribution in [3.63, 3.8) is 0 Å². The number of hydrogen-bond acceptors (Lipinski definition) is 2. The van der Waals surface area contributed by atoms with Gasteiger partial charge in [-0.2, -0.15) is 0 Å². The van der Waals surface area contributed by atoms with Crippen LogP contribution >= 0.6 is 0 Å². The monoisotopic (exact) mass is 301 g/mol. The molecule has 2 fully saturated rings. The first kappa shape index (κ1) is 14.9. The molecule has 1 aromatic carbocycles. The largest absolute Gasteiger partial charge is 0.335 e. The maximum absolute atomic E-state index is 12.4. The van der Waals surface area contributed by atoms with E-state index in [2.05, 4.69) is 10.6 Å². The van der Waals surface area contributed by atoms with E-state index in [-0.39, 0.29) is 18.0 Å². The molecular formula is C17H23N3O2. The van der Waals surface area contributed by atoms with Crippen LogP contribution < -0.4 is 15.5 Å². The van der Waals surface area contributed by atoms with Crippen molar-refractivity contribution in [3.05, 3.63) is 30.3 Å². The molecule has 0 radical (unpaired) electrons. The molecule has 1 saturated heterocycles. The quantitative estimate of drug-likeness (QED) is 0.900. The molecule has 5 nitrogen and oxygen atoms in total. The van der Waals surface area contributed by atoms with Crippen LogP contribution in [0.25, 0.3) is 0 Å². The zero-order valence-electron chi connectivity index (χ0n) is 12.8. The van der Waals surface area contributed by atoms with Crippen LogP contribution in [0.4, 0.5) is 10.5 Å². The number of hydrogen-bond donors (Lipinski definition) is 2. The molecular weight excluding hydrogens is 278 g/mol. The van der Waals surface area contributed by atoms with Gasteiger partial charge >= 0.3 is 6.03 Å². The number of para-hydroxylation sites is 1. The second kappa shape index (κ2) is 6.81. The molecule has 1 heterocycles. The molecule has 1 unspecified atom stereocenters. The summed E-state index contributed by atoms with van der Waals surface area (Å²) in [5.74, 6) is -0.0232. The fourth-order valence-corrected chi connectivity index (χ4v) is 3.31. The molecule has 0 spiro atoms. The third-order valence-electron chi connectivity index (χ3n) is 4.52. The second-order valence-electron chi connectivity index (χ2n) is 6.12. The van der Waals surface area contributed by atoms with E-state index in [0.29, 0.717) is 13.0 Å². The average molecular weight is 301 g/mol. The van der Waals surface area contributed by atoms with Gasteiger partial charge in [0.1, 0.15) is 6.04 Å². The lowest BCUT2D eigenvalue weighted by atomic mass is 9.96. The summed E-state index contributed by atoms with van der Waals surface area (Å²) in [6, 6.07) is 9.24. The molecule has 3 amide bonds. The summed E-state index contributed by atoms with van der Waals surface area (Å²) < 4.78 is 0. The molecule has 1 aromatic rings. The molecule has 0 aromatic heterocycles. The van der Waals surface area contributed by atoms with Crippen molar-refractivity contribution in [2.75, 3.05) is 11.4 Å². The van der Waals surface area contributed by atoms with E-state index < -0.39 is 6.04 Å². The summed E-state index contributed by atoms with van der Waals surface area (Å²) in [5.41, 5.74) is 0.893. The summed E-state index contributed by atoms with van der Waals surface area (Å²) in [5, 5.41) is 5.83. The Labute approximate surface area is 131 Å². The highest BCUT2D eigenvalue weighted by molar-refractivity contribution is 6.01. The van der Waals surface area contributed by atoms with Gasteiger partial charge in [0.05, 0.1) is 0 Å². The number of benzene rings is 1. The number of anilines is 1. The van der Waals surface area contributed by atoms with Gasteiger partial charge < -0.3 is 15.5 Å². The van der Waals surface area contributed by atoms with Gasteiger partial charge in [0.2, 0.25) is 5.91 Å². The standard InChI is InChI=1S/C17H23N3O2/c21-16-15(11-12-20(16)14-9-5-2-6-10-14)19-17(22)18-13-7-3-1-4-8-13/h2,5-6,9-10,13,15H,1,3-4,7-8,11-12H2,(H2,18,19,22). The van der Waals surface area contributed by atoms with Crippen LogP contribution in [0.15, 0.2) is 30.3 Å². The number of urea groups is 1. The Morgan fingerprint density at radius 2 is 1.73 bits per heavy atom. The lowest BCUT2D eigenvalue weighted by Gasteiger charge is -2.24. The maximum atomic E-state index is 12.4. The van der Waals surface area contributed by atoms with E-state index in [4.69, 9.17) is 0 Å². The normalized spacial score (nSPS) is 22.6. The van der Waals surface area contributed by atoms with Gasteiger partial charge in [-0.3, -0.25) is 4.79 Å². The Morgan fingerprint density at radius 3 is 2.45 bits per heavy atom. The molecule has 1 aliphatic heterocycles. The molecule has 0 bridgehead atoms. The van der Waals surface area contributed by atoms with E-state index >= 15 is 0 Å². The van der Waals surface area contributed by atoms with Crippen LogP contribution in [0.3, 0.4) is 0 Å². The Bertz CT molecular complexity index is 526. The van der Waals surface area contributed by atoms with Gasteiger partial charge in [-0.25, -0.2) is 4.79 Å². The van der Waals surface area contributed by atoms with Gasteiger partial charge in [-0.05, 0) is 31.4 Å². The van der Waals surface area contributed by atoms with Crippen molar-refractivity contribution in [3.8, 4) is 0 Å². The Hall–Kier alpha value is -2.04. The van der Waals surface area contributed by atoms with E-state index in [9.17, 15) is 9.59 Å². The smallest absolute Gasteiger partial charge is 0.315 e. The van der Waals surface area contributed by atoms with E-state index in [1.54, 1.807) is 4.90 Å². The zero-order valence-corrected chi connectivity index (χ0v) is 12.8. The van der Waals surface area contributed by atoms with Gasteiger partial charge in [-0.15, -0.1) is 0 Å². The highest BCUT2D eigenvalue weighted by atomic mass is 16.2. The van der Waals surface area contributed by atoms with Gasteiger partial charge in [0, 0.05) is 18.3 Å². The first-order valence-electron chi connectivity index (χ1n) is 8.17. The van der Waals surface area contributed by atoms with Crippen molar-refractivity contribution in [1.29, 1.82) is 0 Å². The molecule has 22 heavy (non-hydrogen) atoms. The highest BCUT2D eigenvalue weighted by Crippen LogP contribution is 2.21.